The molecule has 0 amide bonds. The minimum absolute atomic E-state index is 0.0214. The van der Waals surface area contributed by atoms with Crippen molar-refractivity contribution in [1.29, 1.82) is 0 Å². The van der Waals surface area contributed by atoms with E-state index >= 15 is 0 Å². The number of methoxy groups -OCH3 is 2. The molecular weight excluding hydrogens is 436 g/mol. The SMILES string of the molecule is COc1ccc(-c2cccc3c2COC3=O)c(OCC(C)(C)C(=O)OC2CCCCC2)c1OC. The summed E-state index contributed by atoms with van der Waals surface area (Å²) < 4.78 is 28.5. The van der Waals surface area contributed by atoms with E-state index in [1.165, 1.54) is 6.42 Å². The maximum atomic E-state index is 13.0. The maximum Gasteiger partial charge on any atom is 0.338 e. The molecule has 1 aliphatic carbocycles. The first kappa shape index (κ1) is 23.9. The number of fused-ring (bicyclic) bond motifs is 1. The van der Waals surface area contributed by atoms with Crippen LogP contribution in [0.2, 0.25) is 0 Å². The molecule has 7 heteroatoms. The highest BCUT2D eigenvalue weighted by Crippen LogP contribution is 2.47. The highest BCUT2D eigenvalue weighted by molar-refractivity contribution is 5.96. The van der Waals surface area contributed by atoms with Crippen molar-refractivity contribution >= 4 is 11.9 Å². The lowest BCUT2D eigenvalue weighted by atomic mass is 9.93. The van der Waals surface area contributed by atoms with E-state index in [0.717, 1.165) is 42.4 Å². The molecule has 0 unspecified atom stereocenters. The summed E-state index contributed by atoms with van der Waals surface area (Å²) in [5, 5.41) is 0. The zero-order chi connectivity index (χ0) is 24.3. The number of rotatable bonds is 8. The Morgan fingerprint density at radius 2 is 1.71 bits per heavy atom. The van der Waals surface area contributed by atoms with E-state index in [2.05, 4.69) is 0 Å². The van der Waals surface area contributed by atoms with E-state index in [1.807, 2.05) is 32.0 Å². The van der Waals surface area contributed by atoms with Crippen LogP contribution in [0.25, 0.3) is 11.1 Å². The van der Waals surface area contributed by atoms with E-state index in [1.54, 1.807) is 26.4 Å². The summed E-state index contributed by atoms with van der Waals surface area (Å²) in [5.74, 6) is 0.741. The van der Waals surface area contributed by atoms with E-state index < -0.39 is 5.41 Å². The summed E-state index contributed by atoms with van der Waals surface area (Å²) in [6.07, 6.45) is 5.18. The van der Waals surface area contributed by atoms with Gasteiger partial charge in [0.15, 0.2) is 11.5 Å². The standard InChI is InChI=1S/C27H32O7/c1-27(2,26(29)34-17-9-6-5-7-10-17)16-33-23-19(13-14-22(30-3)24(23)31-4)18-11-8-12-20-21(18)15-32-25(20)28/h8,11-14,17H,5-7,9-10,15-16H2,1-4H3. The fourth-order valence-corrected chi connectivity index (χ4v) is 4.46. The Labute approximate surface area is 200 Å². The number of esters is 2. The van der Waals surface area contributed by atoms with Gasteiger partial charge in [-0.15, -0.1) is 0 Å². The van der Waals surface area contributed by atoms with Crippen LogP contribution in [0.3, 0.4) is 0 Å². The number of cyclic esters (lactones) is 1. The Hall–Kier alpha value is -3.22. The van der Waals surface area contributed by atoms with Crippen LogP contribution in [0.1, 0.15) is 61.9 Å². The minimum atomic E-state index is -0.874. The summed E-state index contributed by atoms with van der Waals surface area (Å²) >= 11 is 0. The highest BCUT2D eigenvalue weighted by atomic mass is 16.6. The fraction of sp³-hybridized carbons (Fsp3) is 0.481. The molecule has 0 aromatic heterocycles. The molecule has 7 nitrogen and oxygen atoms in total. The molecule has 0 spiro atoms. The van der Waals surface area contributed by atoms with E-state index in [0.29, 0.717) is 22.8 Å². The second-order valence-electron chi connectivity index (χ2n) is 9.42. The molecule has 0 radical (unpaired) electrons. The van der Waals surface area contributed by atoms with Crippen molar-refractivity contribution in [2.45, 2.75) is 58.7 Å². The van der Waals surface area contributed by atoms with Gasteiger partial charge >= 0.3 is 11.9 Å². The van der Waals surface area contributed by atoms with Gasteiger partial charge in [-0.1, -0.05) is 18.6 Å². The van der Waals surface area contributed by atoms with Gasteiger partial charge in [0.05, 0.1) is 25.2 Å². The molecule has 0 saturated heterocycles. The van der Waals surface area contributed by atoms with E-state index in [4.69, 9.17) is 23.7 Å². The number of ether oxygens (including phenoxy) is 5. The molecule has 0 atom stereocenters. The molecule has 2 aromatic rings. The summed E-state index contributed by atoms with van der Waals surface area (Å²) in [6, 6.07) is 9.13. The van der Waals surface area contributed by atoms with Crippen molar-refractivity contribution in [3.8, 4) is 28.4 Å². The molecule has 1 fully saturated rings. The van der Waals surface area contributed by atoms with Gasteiger partial charge in [-0.3, -0.25) is 4.79 Å². The zero-order valence-corrected chi connectivity index (χ0v) is 20.3. The summed E-state index contributed by atoms with van der Waals surface area (Å²) in [7, 11) is 3.10. The van der Waals surface area contributed by atoms with Crippen LogP contribution in [-0.2, 0) is 20.9 Å². The second-order valence-corrected chi connectivity index (χ2v) is 9.42. The predicted octanol–water partition coefficient (Wildman–Crippen LogP) is 5.32. The first-order chi connectivity index (χ1) is 16.4. The molecule has 1 saturated carbocycles. The normalized spacial score (nSPS) is 15.9. The Morgan fingerprint density at radius 1 is 0.971 bits per heavy atom. The molecule has 4 rings (SSSR count). The lowest BCUT2D eigenvalue weighted by Gasteiger charge is -2.29. The lowest BCUT2D eigenvalue weighted by Crippen LogP contribution is -2.36. The Balaban J connectivity index is 1.64. The Morgan fingerprint density at radius 3 is 2.41 bits per heavy atom. The molecule has 34 heavy (non-hydrogen) atoms. The maximum absolute atomic E-state index is 13.0. The molecule has 0 N–H and O–H groups in total. The third kappa shape index (κ3) is 4.69. The largest absolute Gasteiger partial charge is 0.493 e. The average Bonchev–Trinajstić information content (AvgIpc) is 3.23. The first-order valence-corrected chi connectivity index (χ1v) is 11.7. The van der Waals surface area contributed by atoms with Crippen molar-refractivity contribution in [2.75, 3.05) is 20.8 Å². The molecule has 1 aliphatic heterocycles. The topological polar surface area (TPSA) is 80.3 Å². The smallest absolute Gasteiger partial charge is 0.338 e. The van der Waals surface area contributed by atoms with Crippen LogP contribution in [-0.4, -0.2) is 38.9 Å². The van der Waals surface area contributed by atoms with Crippen molar-refractivity contribution in [3.63, 3.8) is 0 Å². The number of hydrogen-bond acceptors (Lipinski definition) is 7. The van der Waals surface area contributed by atoms with E-state index in [-0.39, 0.29) is 31.3 Å². The van der Waals surface area contributed by atoms with Gasteiger partial charge in [0.2, 0.25) is 5.75 Å². The molecule has 2 aliphatic rings. The average molecular weight is 469 g/mol. The fourth-order valence-electron chi connectivity index (χ4n) is 4.46. The Bertz CT molecular complexity index is 1070. The molecule has 1 heterocycles. The van der Waals surface area contributed by atoms with Gasteiger partial charge in [0, 0.05) is 11.1 Å². The summed E-state index contributed by atoms with van der Waals surface area (Å²) in [4.78, 5) is 25.1. The Kier molecular flexibility index (Phi) is 7.00. The lowest BCUT2D eigenvalue weighted by molar-refractivity contribution is -0.162. The molecule has 182 valence electrons. The second kappa shape index (κ2) is 9.95. The van der Waals surface area contributed by atoms with Gasteiger partial charge in [0.1, 0.15) is 19.3 Å². The van der Waals surface area contributed by atoms with Crippen molar-refractivity contribution in [3.05, 3.63) is 41.5 Å². The summed E-state index contributed by atoms with van der Waals surface area (Å²) in [5.41, 5.74) is 1.99. The van der Waals surface area contributed by atoms with Crippen LogP contribution in [0.4, 0.5) is 0 Å². The van der Waals surface area contributed by atoms with Crippen molar-refractivity contribution in [2.24, 2.45) is 5.41 Å². The van der Waals surface area contributed by atoms with Crippen LogP contribution in [0.5, 0.6) is 17.2 Å². The van der Waals surface area contributed by atoms with Gasteiger partial charge in [-0.2, -0.15) is 0 Å². The molecular formula is C27H32O7. The van der Waals surface area contributed by atoms with Crippen molar-refractivity contribution in [1.82, 2.24) is 0 Å². The third-order valence-corrected chi connectivity index (χ3v) is 6.49. The quantitative estimate of drug-likeness (QED) is 0.485. The number of hydrogen-bond donors (Lipinski definition) is 0. The van der Waals surface area contributed by atoms with Crippen LogP contribution >= 0.6 is 0 Å². The highest BCUT2D eigenvalue weighted by Gasteiger charge is 2.34. The predicted molar refractivity (Wildman–Crippen MR) is 126 cm³/mol. The monoisotopic (exact) mass is 468 g/mol. The van der Waals surface area contributed by atoms with E-state index in [9.17, 15) is 9.59 Å². The summed E-state index contributed by atoms with van der Waals surface area (Å²) in [6.45, 7) is 3.91. The van der Waals surface area contributed by atoms with Crippen LogP contribution < -0.4 is 14.2 Å². The van der Waals surface area contributed by atoms with Crippen LogP contribution in [0.15, 0.2) is 30.3 Å². The number of carbonyl (C=O) groups excluding carboxylic acids is 2. The number of carbonyl (C=O) groups is 2. The van der Waals surface area contributed by atoms with Gasteiger partial charge < -0.3 is 23.7 Å². The van der Waals surface area contributed by atoms with Gasteiger partial charge in [-0.25, -0.2) is 4.79 Å². The minimum Gasteiger partial charge on any atom is -0.493 e. The van der Waals surface area contributed by atoms with Crippen LogP contribution in [0, 0.1) is 5.41 Å². The van der Waals surface area contributed by atoms with Gasteiger partial charge in [0.25, 0.3) is 0 Å². The first-order valence-electron chi connectivity index (χ1n) is 11.7. The molecule has 0 bridgehead atoms. The zero-order valence-electron chi connectivity index (χ0n) is 20.3. The van der Waals surface area contributed by atoms with Crippen molar-refractivity contribution < 1.29 is 33.3 Å². The number of benzene rings is 2. The molecule has 2 aromatic carbocycles. The van der Waals surface area contributed by atoms with Gasteiger partial charge in [-0.05, 0) is 63.3 Å². The third-order valence-electron chi connectivity index (χ3n) is 6.49.